The molecule has 0 N–H and O–H groups in total. The van der Waals surface area contributed by atoms with Crippen LogP contribution in [0.4, 0.5) is 0 Å². The number of aromatic nitrogens is 2. The van der Waals surface area contributed by atoms with Crippen molar-refractivity contribution in [3.63, 3.8) is 0 Å². The SMILES string of the molecule is CCOC(=O)c1nc(Br)cn1COCC[Si](C)(C)C. The summed E-state index contributed by atoms with van der Waals surface area (Å²) in [6, 6.07) is 1.09. The minimum Gasteiger partial charge on any atom is -0.460 e. The molecule has 0 radical (unpaired) electrons. The predicted molar refractivity (Wildman–Crippen MR) is 80.0 cm³/mol. The van der Waals surface area contributed by atoms with Gasteiger partial charge in [0.15, 0.2) is 0 Å². The summed E-state index contributed by atoms with van der Waals surface area (Å²) in [6.07, 6.45) is 1.72. The molecule has 0 saturated carbocycles. The van der Waals surface area contributed by atoms with Crippen LogP contribution in [-0.2, 0) is 16.2 Å². The second-order valence-electron chi connectivity index (χ2n) is 5.43. The van der Waals surface area contributed by atoms with Crippen LogP contribution in [0.25, 0.3) is 0 Å². The molecule has 0 saturated heterocycles. The highest BCUT2D eigenvalue weighted by atomic mass is 79.9. The van der Waals surface area contributed by atoms with Crippen molar-refractivity contribution in [2.75, 3.05) is 13.2 Å². The van der Waals surface area contributed by atoms with Crippen LogP contribution in [0.15, 0.2) is 10.8 Å². The highest BCUT2D eigenvalue weighted by Crippen LogP contribution is 2.12. The van der Waals surface area contributed by atoms with Crippen molar-refractivity contribution in [1.29, 1.82) is 0 Å². The van der Waals surface area contributed by atoms with E-state index < -0.39 is 14.0 Å². The van der Waals surface area contributed by atoms with Gasteiger partial charge in [0.25, 0.3) is 0 Å². The van der Waals surface area contributed by atoms with E-state index in [9.17, 15) is 4.79 Å². The van der Waals surface area contributed by atoms with E-state index in [4.69, 9.17) is 9.47 Å². The van der Waals surface area contributed by atoms with Crippen molar-refractivity contribution in [3.05, 3.63) is 16.6 Å². The maximum absolute atomic E-state index is 11.7. The zero-order valence-corrected chi connectivity index (χ0v) is 14.5. The van der Waals surface area contributed by atoms with Gasteiger partial charge in [-0.3, -0.25) is 0 Å². The van der Waals surface area contributed by atoms with Gasteiger partial charge in [-0.05, 0) is 28.9 Å². The quantitative estimate of drug-likeness (QED) is 0.431. The van der Waals surface area contributed by atoms with E-state index in [1.807, 2.05) is 0 Å². The molecule has 0 spiro atoms. The minimum atomic E-state index is -1.09. The maximum atomic E-state index is 11.7. The molecule has 0 aliphatic rings. The first-order valence-electron chi connectivity index (χ1n) is 6.31. The number of rotatable bonds is 7. The Bertz CT molecular complexity index is 429. The summed E-state index contributed by atoms with van der Waals surface area (Å²) in [4.78, 5) is 15.8. The molecule has 19 heavy (non-hydrogen) atoms. The Morgan fingerprint density at radius 1 is 1.47 bits per heavy atom. The normalized spacial score (nSPS) is 11.6. The second-order valence-corrected chi connectivity index (χ2v) is 11.9. The van der Waals surface area contributed by atoms with E-state index in [-0.39, 0.29) is 5.82 Å². The fourth-order valence-electron chi connectivity index (χ4n) is 1.38. The van der Waals surface area contributed by atoms with Crippen molar-refractivity contribution < 1.29 is 14.3 Å². The lowest BCUT2D eigenvalue weighted by Gasteiger charge is -2.15. The maximum Gasteiger partial charge on any atom is 0.374 e. The van der Waals surface area contributed by atoms with E-state index in [1.54, 1.807) is 17.7 Å². The fourth-order valence-corrected chi connectivity index (χ4v) is 2.55. The minimum absolute atomic E-state index is 0.265. The molecule has 0 atom stereocenters. The molecule has 1 rings (SSSR count). The largest absolute Gasteiger partial charge is 0.460 e. The topological polar surface area (TPSA) is 53.3 Å². The van der Waals surface area contributed by atoms with Crippen LogP contribution in [0, 0.1) is 0 Å². The average Bonchev–Trinajstić information content (AvgIpc) is 2.65. The number of carbonyl (C=O) groups excluding carboxylic acids is 1. The van der Waals surface area contributed by atoms with Gasteiger partial charge in [0.1, 0.15) is 11.3 Å². The average molecular weight is 349 g/mol. The Kier molecular flexibility index (Phi) is 6.22. The van der Waals surface area contributed by atoms with Crippen LogP contribution < -0.4 is 0 Å². The second kappa shape index (κ2) is 7.21. The number of ether oxygens (including phenoxy) is 2. The summed E-state index contributed by atoms with van der Waals surface area (Å²) in [5.74, 6) is -0.163. The number of esters is 1. The molecule has 0 fully saturated rings. The summed E-state index contributed by atoms with van der Waals surface area (Å²) in [6.45, 7) is 10.0. The van der Waals surface area contributed by atoms with E-state index in [0.717, 1.165) is 6.04 Å². The summed E-state index contributed by atoms with van der Waals surface area (Å²) >= 11 is 3.25. The first-order valence-corrected chi connectivity index (χ1v) is 10.8. The molecule has 0 aliphatic carbocycles. The van der Waals surface area contributed by atoms with Crippen molar-refractivity contribution in [3.8, 4) is 0 Å². The van der Waals surface area contributed by atoms with Gasteiger partial charge < -0.3 is 14.0 Å². The molecule has 0 unspecified atom stereocenters. The Balaban J connectivity index is 2.56. The van der Waals surface area contributed by atoms with Crippen molar-refractivity contribution in [2.24, 2.45) is 0 Å². The molecule has 1 aromatic rings. The van der Waals surface area contributed by atoms with Gasteiger partial charge in [-0.25, -0.2) is 9.78 Å². The number of imidazole rings is 1. The van der Waals surface area contributed by atoms with Crippen molar-refractivity contribution in [2.45, 2.75) is 39.3 Å². The fraction of sp³-hybridized carbons (Fsp3) is 0.667. The van der Waals surface area contributed by atoms with Gasteiger partial charge in [-0.2, -0.15) is 0 Å². The number of hydrogen-bond acceptors (Lipinski definition) is 4. The monoisotopic (exact) mass is 348 g/mol. The molecule has 0 aliphatic heterocycles. The third kappa shape index (κ3) is 5.88. The van der Waals surface area contributed by atoms with Crippen LogP contribution in [0.2, 0.25) is 25.7 Å². The molecule has 0 bridgehead atoms. The Morgan fingerprint density at radius 2 is 2.16 bits per heavy atom. The smallest absolute Gasteiger partial charge is 0.374 e. The molecule has 0 amide bonds. The highest BCUT2D eigenvalue weighted by Gasteiger charge is 2.17. The first kappa shape index (κ1) is 16.4. The van der Waals surface area contributed by atoms with Gasteiger partial charge in [0.2, 0.25) is 5.82 Å². The van der Waals surface area contributed by atoms with Crippen molar-refractivity contribution in [1.82, 2.24) is 9.55 Å². The Hall–Kier alpha value is -0.663. The van der Waals surface area contributed by atoms with Crippen molar-refractivity contribution >= 4 is 30.0 Å². The zero-order valence-electron chi connectivity index (χ0n) is 11.9. The van der Waals surface area contributed by atoms with Crippen LogP contribution >= 0.6 is 15.9 Å². The van der Waals surface area contributed by atoms with Gasteiger partial charge in [-0.15, -0.1) is 0 Å². The lowest BCUT2D eigenvalue weighted by atomic mass is 10.6. The third-order valence-corrected chi connectivity index (χ3v) is 4.52. The standard InChI is InChI=1S/C12H21BrN2O3Si/c1-5-18-12(16)11-14-10(13)8-15(11)9-17-6-7-19(2,3)4/h8H,5-7,9H2,1-4H3. The molecule has 7 heteroatoms. The lowest BCUT2D eigenvalue weighted by molar-refractivity contribution is 0.0464. The summed E-state index contributed by atoms with van der Waals surface area (Å²) in [7, 11) is -1.09. The molecule has 0 aromatic carbocycles. The van der Waals surface area contributed by atoms with E-state index in [0.29, 0.717) is 24.5 Å². The number of halogens is 1. The Morgan fingerprint density at radius 3 is 2.74 bits per heavy atom. The van der Waals surface area contributed by atoms with Crippen LogP contribution in [0.1, 0.15) is 17.5 Å². The zero-order chi connectivity index (χ0) is 14.5. The van der Waals surface area contributed by atoms with Gasteiger partial charge in [0, 0.05) is 20.9 Å². The van der Waals surface area contributed by atoms with Crippen LogP contribution in [0.5, 0.6) is 0 Å². The molecular weight excluding hydrogens is 328 g/mol. The summed E-state index contributed by atoms with van der Waals surface area (Å²) < 4.78 is 12.8. The summed E-state index contributed by atoms with van der Waals surface area (Å²) in [5, 5.41) is 0. The van der Waals surface area contributed by atoms with Gasteiger partial charge in [-0.1, -0.05) is 19.6 Å². The number of carbonyl (C=O) groups is 1. The van der Waals surface area contributed by atoms with Gasteiger partial charge >= 0.3 is 5.97 Å². The predicted octanol–water partition coefficient (Wildman–Crippen LogP) is 3.13. The first-order chi connectivity index (χ1) is 8.83. The van der Waals surface area contributed by atoms with Crippen LogP contribution in [0.3, 0.4) is 0 Å². The molecule has 1 aromatic heterocycles. The van der Waals surface area contributed by atoms with Gasteiger partial charge in [0.05, 0.1) is 6.61 Å². The third-order valence-electron chi connectivity index (χ3n) is 2.43. The lowest BCUT2D eigenvalue weighted by Crippen LogP contribution is -2.22. The Labute approximate surface area is 123 Å². The van der Waals surface area contributed by atoms with E-state index in [2.05, 4.69) is 40.6 Å². The van der Waals surface area contributed by atoms with E-state index in [1.165, 1.54) is 0 Å². The number of hydrogen-bond donors (Lipinski definition) is 0. The number of nitrogens with zero attached hydrogens (tertiary/aromatic N) is 2. The molecule has 1 heterocycles. The van der Waals surface area contributed by atoms with Crippen LogP contribution in [-0.4, -0.2) is 36.8 Å². The molecule has 108 valence electrons. The molecule has 5 nitrogen and oxygen atoms in total. The van der Waals surface area contributed by atoms with E-state index >= 15 is 0 Å². The highest BCUT2D eigenvalue weighted by molar-refractivity contribution is 9.10. The summed E-state index contributed by atoms with van der Waals surface area (Å²) in [5.41, 5.74) is 0. The molecular formula is C12H21BrN2O3Si.